The quantitative estimate of drug-likeness (QED) is 0.889. The van der Waals surface area contributed by atoms with Crippen LogP contribution in [0, 0.1) is 12.8 Å². The molecule has 0 aliphatic carbocycles. The monoisotopic (exact) mass is 244 g/mol. The zero-order chi connectivity index (χ0) is 13.1. The van der Waals surface area contributed by atoms with Gasteiger partial charge in [-0.15, -0.1) is 0 Å². The van der Waals surface area contributed by atoms with Gasteiger partial charge in [-0.1, -0.05) is 49.7 Å². The van der Waals surface area contributed by atoms with Gasteiger partial charge in [-0.25, -0.2) is 0 Å². The number of benzene rings is 1. The highest BCUT2D eigenvalue weighted by atomic mass is 16.5. The van der Waals surface area contributed by atoms with Crippen molar-refractivity contribution < 1.29 is 4.52 Å². The topological polar surface area (TPSA) is 52.0 Å². The minimum Gasteiger partial charge on any atom is -0.380 e. The number of aromatic nitrogens is 1. The van der Waals surface area contributed by atoms with Crippen LogP contribution in [0.2, 0.25) is 0 Å². The van der Waals surface area contributed by atoms with E-state index < -0.39 is 0 Å². The minimum atomic E-state index is 0.489. The molecule has 96 valence electrons. The van der Waals surface area contributed by atoms with Crippen molar-refractivity contribution in [1.82, 2.24) is 5.16 Å². The van der Waals surface area contributed by atoms with Crippen molar-refractivity contribution in [2.45, 2.75) is 33.6 Å². The van der Waals surface area contributed by atoms with E-state index in [4.69, 9.17) is 10.3 Å². The van der Waals surface area contributed by atoms with Gasteiger partial charge >= 0.3 is 0 Å². The molecule has 2 aromatic rings. The molecule has 0 amide bonds. The third kappa shape index (κ3) is 2.40. The summed E-state index contributed by atoms with van der Waals surface area (Å²) in [6.07, 6.45) is 2.00. The van der Waals surface area contributed by atoms with Crippen molar-refractivity contribution in [3.8, 4) is 11.1 Å². The van der Waals surface area contributed by atoms with Gasteiger partial charge in [0.05, 0.1) is 5.56 Å². The molecule has 2 rings (SSSR count). The molecular formula is C15H20N2O. The second-order valence-electron chi connectivity index (χ2n) is 4.90. The summed E-state index contributed by atoms with van der Waals surface area (Å²) < 4.78 is 5.40. The third-order valence-corrected chi connectivity index (χ3v) is 3.43. The molecule has 1 atom stereocenters. The second-order valence-corrected chi connectivity index (χ2v) is 4.90. The Labute approximate surface area is 108 Å². The zero-order valence-electron chi connectivity index (χ0n) is 11.2. The molecule has 1 unspecified atom stereocenters. The number of anilines is 1. The van der Waals surface area contributed by atoms with Crippen LogP contribution in [0.3, 0.4) is 0 Å². The number of nitrogens with zero attached hydrogens (tertiary/aromatic N) is 1. The van der Waals surface area contributed by atoms with E-state index in [0.29, 0.717) is 11.7 Å². The molecule has 18 heavy (non-hydrogen) atoms. The van der Waals surface area contributed by atoms with E-state index in [-0.39, 0.29) is 0 Å². The first kappa shape index (κ1) is 12.7. The molecule has 0 saturated carbocycles. The maximum atomic E-state index is 5.95. The number of nitrogen functional groups attached to an aromatic ring is 1. The van der Waals surface area contributed by atoms with Crippen LogP contribution >= 0.6 is 0 Å². The van der Waals surface area contributed by atoms with E-state index in [9.17, 15) is 0 Å². The average Bonchev–Trinajstić information content (AvgIpc) is 2.71. The van der Waals surface area contributed by atoms with Crippen molar-refractivity contribution in [2.75, 3.05) is 5.73 Å². The highest BCUT2D eigenvalue weighted by Crippen LogP contribution is 2.33. The maximum Gasteiger partial charge on any atom is 0.175 e. The van der Waals surface area contributed by atoms with E-state index in [0.717, 1.165) is 29.7 Å². The molecule has 2 N–H and O–H groups in total. The van der Waals surface area contributed by atoms with Crippen LogP contribution < -0.4 is 5.73 Å². The Morgan fingerprint density at radius 2 is 2.06 bits per heavy atom. The van der Waals surface area contributed by atoms with Crippen molar-refractivity contribution in [3.05, 3.63) is 35.6 Å². The first-order valence-corrected chi connectivity index (χ1v) is 6.43. The molecule has 0 bridgehead atoms. The van der Waals surface area contributed by atoms with Crippen LogP contribution in [0.25, 0.3) is 11.1 Å². The van der Waals surface area contributed by atoms with Gasteiger partial charge in [0, 0.05) is 6.42 Å². The molecule has 0 spiro atoms. The molecule has 0 saturated heterocycles. The summed E-state index contributed by atoms with van der Waals surface area (Å²) in [5.41, 5.74) is 9.23. The van der Waals surface area contributed by atoms with Crippen LogP contribution in [0.15, 0.2) is 28.8 Å². The number of nitrogens with two attached hydrogens (primary N) is 1. The highest BCUT2D eigenvalue weighted by Gasteiger charge is 2.18. The van der Waals surface area contributed by atoms with E-state index in [1.54, 1.807) is 0 Å². The van der Waals surface area contributed by atoms with Gasteiger partial charge in [0.25, 0.3) is 0 Å². The fraction of sp³-hybridized carbons (Fsp3) is 0.400. The highest BCUT2D eigenvalue weighted by molar-refractivity contribution is 5.77. The molecule has 1 aromatic carbocycles. The maximum absolute atomic E-state index is 5.95. The lowest BCUT2D eigenvalue weighted by molar-refractivity contribution is 0.364. The molecular weight excluding hydrogens is 224 g/mol. The average molecular weight is 244 g/mol. The summed E-state index contributed by atoms with van der Waals surface area (Å²) in [7, 11) is 0. The van der Waals surface area contributed by atoms with Crippen LogP contribution in [0.5, 0.6) is 0 Å². The standard InChI is InChI=1S/C15H20N2O/c1-4-10(2)9-13-14(15(16)17-18-13)12-8-6-5-7-11(12)3/h5-8,10H,4,9H2,1-3H3,(H2,16,17). The number of aryl methyl sites for hydroxylation is 1. The summed E-state index contributed by atoms with van der Waals surface area (Å²) in [5, 5.41) is 3.92. The Kier molecular flexibility index (Phi) is 3.70. The SMILES string of the molecule is CCC(C)Cc1onc(N)c1-c1ccccc1C. The molecule has 0 aliphatic rings. The first-order chi connectivity index (χ1) is 8.63. The molecule has 0 aliphatic heterocycles. The third-order valence-electron chi connectivity index (χ3n) is 3.43. The smallest absolute Gasteiger partial charge is 0.175 e. The summed E-state index contributed by atoms with van der Waals surface area (Å²) >= 11 is 0. The molecule has 1 aromatic heterocycles. The van der Waals surface area contributed by atoms with Gasteiger partial charge in [-0.05, 0) is 24.0 Å². The van der Waals surface area contributed by atoms with Crippen molar-refractivity contribution in [3.63, 3.8) is 0 Å². The van der Waals surface area contributed by atoms with Crippen LogP contribution in [0.4, 0.5) is 5.82 Å². The van der Waals surface area contributed by atoms with Gasteiger partial charge in [-0.2, -0.15) is 0 Å². The predicted molar refractivity (Wildman–Crippen MR) is 74.2 cm³/mol. The minimum absolute atomic E-state index is 0.489. The van der Waals surface area contributed by atoms with Gasteiger partial charge in [-0.3, -0.25) is 0 Å². The molecule has 1 heterocycles. The fourth-order valence-corrected chi connectivity index (χ4v) is 2.08. The summed E-state index contributed by atoms with van der Waals surface area (Å²) in [6.45, 7) is 6.47. The van der Waals surface area contributed by atoms with E-state index in [2.05, 4.69) is 38.1 Å². The lowest BCUT2D eigenvalue weighted by atomic mass is 9.95. The lowest BCUT2D eigenvalue weighted by Gasteiger charge is -2.09. The summed E-state index contributed by atoms with van der Waals surface area (Å²) in [6, 6.07) is 8.19. The van der Waals surface area contributed by atoms with Crippen LogP contribution in [0.1, 0.15) is 31.6 Å². The van der Waals surface area contributed by atoms with Gasteiger partial charge < -0.3 is 10.3 Å². The summed E-state index contributed by atoms with van der Waals surface area (Å²) in [5.74, 6) is 1.96. The predicted octanol–water partition coefficient (Wildman–Crippen LogP) is 3.82. The van der Waals surface area contributed by atoms with E-state index in [1.807, 2.05) is 12.1 Å². The zero-order valence-corrected chi connectivity index (χ0v) is 11.2. The lowest BCUT2D eigenvalue weighted by Crippen LogP contribution is -1.99. The van der Waals surface area contributed by atoms with Crippen molar-refractivity contribution in [1.29, 1.82) is 0 Å². The summed E-state index contributed by atoms with van der Waals surface area (Å²) in [4.78, 5) is 0. The fourth-order valence-electron chi connectivity index (χ4n) is 2.08. The van der Waals surface area contributed by atoms with E-state index >= 15 is 0 Å². The number of hydrogen-bond acceptors (Lipinski definition) is 3. The van der Waals surface area contributed by atoms with Crippen molar-refractivity contribution in [2.24, 2.45) is 5.92 Å². The molecule has 3 heteroatoms. The number of hydrogen-bond donors (Lipinski definition) is 1. The molecule has 0 fully saturated rings. The second kappa shape index (κ2) is 5.25. The number of rotatable bonds is 4. The van der Waals surface area contributed by atoms with Gasteiger partial charge in [0.2, 0.25) is 0 Å². The molecule has 0 radical (unpaired) electrons. The van der Waals surface area contributed by atoms with Crippen LogP contribution in [-0.4, -0.2) is 5.16 Å². The Hall–Kier alpha value is -1.77. The largest absolute Gasteiger partial charge is 0.380 e. The Morgan fingerprint density at radius 3 is 2.72 bits per heavy atom. The van der Waals surface area contributed by atoms with E-state index in [1.165, 1.54) is 5.56 Å². The van der Waals surface area contributed by atoms with Gasteiger partial charge in [0.1, 0.15) is 5.76 Å². The Balaban J connectivity index is 2.44. The van der Waals surface area contributed by atoms with Crippen molar-refractivity contribution >= 4 is 5.82 Å². The normalized spacial score (nSPS) is 12.6. The Bertz CT molecular complexity index is 531. The van der Waals surface area contributed by atoms with Crippen LogP contribution in [-0.2, 0) is 6.42 Å². The Morgan fingerprint density at radius 1 is 1.33 bits per heavy atom. The first-order valence-electron chi connectivity index (χ1n) is 6.43. The molecule has 3 nitrogen and oxygen atoms in total. The van der Waals surface area contributed by atoms with Gasteiger partial charge in [0.15, 0.2) is 5.82 Å².